The Balaban J connectivity index is 4.65. The Morgan fingerprint density at radius 2 is 1.00 bits per heavy atom. The van der Waals surface area contributed by atoms with Crippen molar-refractivity contribution in [2.75, 3.05) is 0 Å². The summed E-state index contributed by atoms with van der Waals surface area (Å²) in [6.07, 6.45) is 31.0. The van der Waals surface area contributed by atoms with Crippen LogP contribution in [0.1, 0.15) is 61.3 Å². The number of rotatable bonds is 13. The Morgan fingerprint density at radius 3 is 1.45 bits per heavy atom. The molecule has 2 heteroatoms. The molecule has 0 aromatic carbocycles. The van der Waals surface area contributed by atoms with E-state index in [-0.39, 0.29) is 5.78 Å². The van der Waals surface area contributed by atoms with Gasteiger partial charge in [0.25, 0.3) is 0 Å². The Kier molecular flexibility index (Phi) is 16.5. The number of hydrogen-bond donors (Lipinski definition) is 0. The molecule has 0 heterocycles. The van der Waals surface area contributed by atoms with Crippen LogP contribution in [-0.4, -0.2) is 12.1 Å². The van der Waals surface area contributed by atoms with Crippen molar-refractivity contribution in [3.63, 3.8) is 0 Å². The van der Waals surface area contributed by atoms with Crippen molar-refractivity contribution >= 4 is 12.1 Å². The van der Waals surface area contributed by atoms with Gasteiger partial charge in [-0.1, -0.05) is 107 Å². The van der Waals surface area contributed by atoms with E-state index in [0.29, 0.717) is 5.57 Å². The lowest BCUT2D eigenvalue weighted by atomic mass is 10.1. The van der Waals surface area contributed by atoms with E-state index in [2.05, 4.69) is 63.3 Å². The van der Waals surface area contributed by atoms with E-state index in [4.69, 9.17) is 0 Å². The highest BCUT2D eigenvalue weighted by molar-refractivity contribution is 5.92. The van der Waals surface area contributed by atoms with E-state index < -0.39 is 0 Å². The number of carbonyl (C=O) groups excluding carboxylic acids is 2. The number of hydrogen-bond acceptors (Lipinski definition) is 2. The summed E-state index contributed by atoms with van der Waals surface area (Å²) in [5.41, 5.74) is 6.28. The minimum Gasteiger partial charge on any atom is -0.298 e. The van der Waals surface area contributed by atoms with Crippen molar-refractivity contribution in [3.05, 3.63) is 119 Å². The second-order valence-electron chi connectivity index (χ2n) is 8.22. The lowest BCUT2D eigenvalue weighted by Crippen LogP contribution is -1.90. The van der Waals surface area contributed by atoms with Crippen molar-refractivity contribution in [2.45, 2.75) is 61.3 Å². The lowest BCUT2D eigenvalue weighted by molar-refractivity contribution is -0.113. The van der Waals surface area contributed by atoms with Crippen LogP contribution in [0.2, 0.25) is 0 Å². The third kappa shape index (κ3) is 18.1. The topological polar surface area (TPSA) is 34.1 Å². The summed E-state index contributed by atoms with van der Waals surface area (Å²) in [6, 6.07) is 0. The van der Waals surface area contributed by atoms with E-state index in [9.17, 15) is 9.59 Å². The van der Waals surface area contributed by atoms with E-state index in [1.165, 1.54) is 11.1 Å². The third-order valence-electron chi connectivity index (χ3n) is 4.74. The molecule has 0 saturated carbocycles. The summed E-state index contributed by atoms with van der Waals surface area (Å²) in [5, 5.41) is 0. The van der Waals surface area contributed by atoms with Crippen LogP contribution in [-0.2, 0) is 9.59 Å². The van der Waals surface area contributed by atoms with Gasteiger partial charge in [0.1, 0.15) is 6.29 Å². The summed E-state index contributed by atoms with van der Waals surface area (Å²) in [6.45, 7) is 13.5. The highest BCUT2D eigenvalue weighted by Crippen LogP contribution is 2.08. The van der Waals surface area contributed by atoms with Crippen LogP contribution in [0.4, 0.5) is 0 Å². The van der Waals surface area contributed by atoms with Gasteiger partial charge in [-0.25, -0.2) is 0 Å². The molecule has 0 aromatic rings. The average Bonchev–Trinajstić information content (AvgIpc) is 2.76. The molecule has 0 amide bonds. The molecule has 0 fully saturated rings. The maximum absolute atomic E-state index is 11.2. The summed E-state index contributed by atoms with van der Waals surface area (Å²) in [7, 11) is 0. The van der Waals surface area contributed by atoms with Crippen LogP contribution >= 0.6 is 0 Å². The molecule has 0 spiro atoms. The van der Waals surface area contributed by atoms with Crippen molar-refractivity contribution in [3.8, 4) is 0 Å². The Hall–Kier alpha value is -3.26. The molecule has 0 unspecified atom stereocenters. The second kappa shape index (κ2) is 18.3. The number of ketones is 1. The average molecular weight is 445 g/mol. The minimum absolute atomic E-state index is 0.141. The molecule has 2 nitrogen and oxygen atoms in total. The van der Waals surface area contributed by atoms with E-state index in [1.807, 2.05) is 50.3 Å². The predicted octanol–water partition coefficient (Wildman–Crippen LogP) is 8.46. The fourth-order valence-electron chi connectivity index (χ4n) is 2.43. The molecular weight excluding hydrogens is 404 g/mol. The summed E-state index contributed by atoms with van der Waals surface area (Å²) < 4.78 is 0. The standard InChI is InChI=1S/C31H40O2/c1-25(14-8-9-15-26(2)20-12-22-29(5)24-32)16-10-17-27(3)18-11-19-28(4)21-13-23-30(6)31(7)33/h8-12,14-20,22-24H,13,21H2,1-7H3/b9-8+,16-10+,18-11+,20-12+,25-14+,26-15+,27-17+,28-19+,29-22+,30-23+. The van der Waals surface area contributed by atoms with Gasteiger partial charge in [-0.15, -0.1) is 0 Å². The van der Waals surface area contributed by atoms with Crippen molar-refractivity contribution in [1.82, 2.24) is 0 Å². The third-order valence-corrected chi connectivity index (χ3v) is 4.74. The Bertz CT molecular complexity index is 949. The van der Waals surface area contributed by atoms with E-state index >= 15 is 0 Å². The van der Waals surface area contributed by atoms with Crippen molar-refractivity contribution in [2.24, 2.45) is 0 Å². The zero-order valence-electron chi connectivity index (χ0n) is 21.4. The summed E-state index contributed by atoms with van der Waals surface area (Å²) in [4.78, 5) is 21.8. The van der Waals surface area contributed by atoms with Crippen molar-refractivity contribution in [1.29, 1.82) is 0 Å². The van der Waals surface area contributed by atoms with Gasteiger partial charge in [-0.3, -0.25) is 9.59 Å². The molecule has 0 aliphatic carbocycles. The smallest absolute Gasteiger partial charge is 0.155 e. The Labute approximate surface area is 201 Å². The fourth-order valence-corrected chi connectivity index (χ4v) is 2.43. The maximum atomic E-state index is 11.2. The van der Waals surface area contributed by atoms with Gasteiger partial charge in [0.2, 0.25) is 0 Å². The molecule has 0 radical (unpaired) electrons. The molecule has 0 rings (SSSR count). The van der Waals surface area contributed by atoms with Gasteiger partial charge in [0.05, 0.1) is 0 Å². The first-order valence-electron chi connectivity index (χ1n) is 11.3. The first-order chi connectivity index (χ1) is 15.6. The number of Topliss-reactive ketones (excluding diaryl/α,β-unsaturated/α-hetero) is 1. The van der Waals surface area contributed by atoms with Gasteiger partial charge < -0.3 is 0 Å². The summed E-state index contributed by atoms with van der Waals surface area (Å²) in [5.74, 6) is 0.141. The zero-order chi connectivity index (χ0) is 25.1. The van der Waals surface area contributed by atoms with Gasteiger partial charge in [0, 0.05) is 0 Å². The van der Waals surface area contributed by atoms with Gasteiger partial charge >= 0.3 is 0 Å². The highest BCUT2D eigenvalue weighted by Gasteiger charge is 1.94. The molecule has 0 saturated heterocycles. The van der Waals surface area contributed by atoms with Crippen LogP contribution in [0.15, 0.2) is 119 Å². The van der Waals surface area contributed by atoms with Gasteiger partial charge in [-0.05, 0) is 72.5 Å². The van der Waals surface area contributed by atoms with Gasteiger partial charge in [0.15, 0.2) is 5.78 Å². The minimum atomic E-state index is 0.141. The van der Waals surface area contributed by atoms with E-state index in [0.717, 1.165) is 35.8 Å². The molecule has 33 heavy (non-hydrogen) atoms. The normalized spacial score (nSPS) is 15.6. The van der Waals surface area contributed by atoms with Crippen LogP contribution in [0, 0.1) is 0 Å². The molecule has 0 aromatic heterocycles. The molecule has 0 atom stereocenters. The molecule has 0 aliphatic heterocycles. The first-order valence-corrected chi connectivity index (χ1v) is 11.3. The number of carbonyl (C=O) groups is 2. The zero-order valence-corrected chi connectivity index (χ0v) is 21.4. The van der Waals surface area contributed by atoms with Crippen molar-refractivity contribution < 1.29 is 9.59 Å². The van der Waals surface area contributed by atoms with Gasteiger partial charge in [-0.2, -0.15) is 0 Å². The predicted molar refractivity (Wildman–Crippen MR) is 145 cm³/mol. The summed E-state index contributed by atoms with van der Waals surface area (Å²) >= 11 is 0. The van der Waals surface area contributed by atoms with Crippen LogP contribution in [0.5, 0.6) is 0 Å². The first kappa shape index (κ1) is 29.7. The quantitative estimate of drug-likeness (QED) is 0.162. The number of allylic oxidation sites excluding steroid dienone is 20. The lowest BCUT2D eigenvalue weighted by Gasteiger charge is -1.98. The van der Waals surface area contributed by atoms with Crippen LogP contribution in [0.3, 0.4) is 0 Å². The molecule has 0 bridgehead atoms. The Morgan fingerprint density at radius 1 is 0.576 bits per heavy atom. The largest absolute Gasteiger partial charge is 0.298 e. The maximum Gasteiger partial charge on any atom is 0.155 e. The second-order valence-corrected chi connectivity index (χ2v) is 8.22. The highest BCUT2D eigenvalue weighted by atomic mass is 16.1. The number of aldehydes is 1. The van der Waals surface area contributed by atoms with Crippen LogP contribution in [0.25, 0.3) is 0 Å². The monoisotopic (exact) mass is 444 g/mol. The molecule has 0 N–H and O–H groups in total. The SMILES string of the molecule is CC(=O)/C(C)=C/CC/C(C)=C/C=C/C(C)=C/C=C/C(C)=C/C=C/C=C(C)/C=C/C=C(\C)C=O. The molecular formula is C31H40O2. The molecule has 176 valence electrons. The van der Waals surface area contributed by atoms with Crippen LogP contribution < -0.4 is 0 Å². The van der Waals surface area contributed by atoms with E-state index in [1.54, 1.807) is 19.9 Å². The fraction of sp³-hybridized carbons (Fsp3) is 0.290. The molecule has 0 aliphatic rings.